The second-order valence-electron chi connectivity index (χ2n) is 5.03. The van der Waals surface area contributed by atoms with E-state index >= 15 is 0 Å². The number of furan rings is 2. The fraction of sp³-hybridized carbons (Fsp3) is 0.188. The Morgan fingerprint density at radius 2 is 2.05 bits per heavy atom. The minimum absolute atomic E-state index is 0.122. The van der Waals surface area contributed by atoms with E-state index in [0.29, 0.717) is 16.7 Å². The lowest BCUT2D eigenvalue weighted by Crippen LogP contribution is -2.26. The third-order valence-electron chi connectivity index (χ3n) is 3.47. The lowest BCUT2D eigenvalue weighted by molar-refractivity contribution is 0.0907. The van der Waals surface area contributed by atoms with Crippen LogP contribution < -0.4 is 5.32 Å². The molecule has 3 aromatic rings. The second kappa shape index (κ2) is 5.50. The van der Waals surface area contributed by atoms with Gasteiger partial charge in [0.2, 0.25) is 0 Å². The van der Waals surface area contributed by atoms with Gasteiger partial charge in [0.05, 0.1) is 6.04 Å². The largest absolute Gasteiger partial charge is 0.459 e. The highest BCUT2D eigenvalue weighted by Crippen LogP contribution is 2.30. The summed E-state index contributed by atoms with van der Waals surface area (Å²) in [4.78, 5) is 12.1. The zero-order valence-corrected chi connectivity index (χ0v) is 12.7. The molecular weight excluding hydrogens is 309 g/mol. The first-order valence-corrected chi connectivity index (χ1v) is 7.08. The van der Waals surface area contributed by atoms with E-state index in [1.165, 1.54) is 24.3 Å². The van der Waals surface area contributed by atoms with E-state index in [4.69, 9.17) is 20.4 Å². The molecule has 0 bridgehead atoms. The Kier molecular flexibility index (Phi) is 3.66. The molecule has 0 aliphatic heterocycles. The molecule has 1 N–H and O–H groups in total. The van der Waals surface area contributed by atoms with Gasteiger partial charge in [-0.3, -0.25) is 4.79 Å². The molecular formula is C16H13ClFNO3. The van der Waals surface area contributed by atoms with Gasteiger partial charge in [0.15, 0.2) is 11.0 Å². The van der Waals surface area contributed by atoms with E-state index in [-0.39, 0.29) is 16.8 Å². The number of hydrogen-bond donors (Lipinski definition) is 1. The molecule has 0 aliphatic carbocycles. The summed E-state index contributed by atoms with van der Waals surface area (Å²) in [5.41, 5.74) is 1.37. The van der Waals surface area contributed by atoms with Crippen LogP contribution in [0, 0.1) is 12.7 Å². The van der Waals surface area contributed by atoms with E-state index in [2.05, 4.69) is 5.32 Å². The lowest BCUT2D eigenvalue weighted by atomic mass is 10.1. The third kappa shape index (κ3) is 2.60. The minimum Gasteiger partial charge on any atom is -0.459 e. The smallest absolute Gasteiger partial charge is 0.287 e. The predicted octanol–water partition coefficient (Wildman–Crippen LogP) is 4.62. The molecule has 0 aliphatic rings. The van der Waals surface area contributed by atoms with Crippen molar-refractivity contribution in [2.75, 3.05) is 0 Å². The number of halogens is 2. The first kappa shape index (κ1) is 14.7. The molecule has 2 heterocycles. The van der Waals surface area contributed by atoms with E-state index in [0.717, 1.165) is 5.56 Å². The van der Waals surface area contributed by atoms with Crippen molar-refractivity contribution in [3.05, 3.63) is 58.5 Å². The minimum atomic E-state index is -0.398. The van der Waals surface area contributed by atoms with Crippen LogP contribution in [-0.2, 0) is 0 Å². The van der Waals surface area contributed by atoms with Crippen molar-refractivity contribution >= 4 is 28.5 Å². The van der Waals surface area contributed by atoms with Gasteiger partial charge in [0, 0.05) is 10.9 Å². The highest BCUT2D eigenvalue weighted by Gasteiger charge is 2.20. The van der Waals surface area contributed by atoms with Crippen molar-refractivity contribution in [1.82, 2.24) is 5.32 Å². The number of rotatable bonds is 3. The molecule has 0 fully saturated rings. The van der Waals surface area contributed by atoms with Crippen molar-refractivity contribution < 1.29 is 18.0 Å². The van der Waals surface area contributed by atoms with Crippen LogP contribution in [0.4, 0.5) is 4.39 Å². The monoisotopic (exact) mass is 321 g/mol. The molecule has 114 valence electrons. The van der Waals surface area contributed by atoms with Crippen molar-refractivity contribution in [3.63, 3.8) is 0 Å². The number of aryl methyl sites for hydroxylation is 1. The topological polar surface area (TPSA) is 55.4 Å². The molecule has 1 unspecified atom stereocenters. The van der Waals surface area contributed by atoms with Gasteiger partial charge in [0.1, 0.15) is 17.2 Å². The third-order valence-corrected chi connectivity index (χ3v) is 3.68. The maximum Gasteiger partial charge on any atom is 0.287 e. The van der Waals surface area contributed by atoms with Crippen molar-refractivity contribution in [1.29, 1.82) is 0 Å². The molecule has 1 amide bonds. The van der Waals surface area contributed by atoms with Crippen LogP contribution in [0.5, 0.6) is 0 Å². The Morgan fingerprint density at radius 1 is 1.27 bits per heavy atom. The summed E-state index contributed by atoms with van der Waals surface area (Å²) in [6, 6.07) is 6.91. The molecule has 1 aromatic carbocycles. The maximum atomic E-state index is 13.3. The Bertz CT molecular complexity index is 852. The number of carbonyl (C=O) groups excluding carboxylic acids is 1. The van der Waals surface area contributed by atoms with Gasteiger partial charge in [-0.2, -0.15) is 0 Å². The Labute approximate surface area is 130 Å². The zero-order chi connectivity index (χ0) is 15.9. The summed E-state index contributed by atoms with van der Waals surface area (Å²) in [5, 5.41) is 3.60. The van der Waals surface area contributed by atoms with Gasteiger partial charge in [-0.05, 0) is 55.8 Å². The molecule has 6 heteroatoms. The highest BCUT2D eigenvalue weighted by atomic mass is 35.5. The SMILES string of the molecule is Cc1c(C(C)NC(=O)c2ccc(Cl)o2)oc2ccc(F)cc12. The van der Waals surface area contributed by atoms with E-state index in [9.17, 15) is 9.18 Å². The molecule has 0 radical (unpaired) electrons. The molecule has 0 saturated heterocycles. The first-order chi connectivity index (χ1) is 10.5. The molecule has 0 saturated carbocycles. The normalized spacial score (nSPS) is 12.5. The predicted molar refractivity (Wildman–Crippen MR) is 80.5 cm³/mol. The van der Waals surface area contributed by atoms with Gasteiger partial charge >= 0.3 is 0 Å². The number of hydrogen-bond acceptors (Lipinski definition) is 3. The van der Waals surface area contributed by atoms with Gasteiger partial charge in [-0.25, -0.2) is 4.39 Å². The standard InChI is InChI=1S/C16H13ClFNO3/c1-8-11-7-10(18)3-4-12(11)22-15(8)9(2)19-16(20)13-5-6-14(17)21-13/h3-7,9H,1-2H3,(H,19,20). The fourth-order valence-electron chi connectivity index (χ4n) is 2.39. The molecule has 0 spiro atoms. The number of nitrogens with one attached hydrogen (secondary N) is 1. The van der Waals surface area contributed by atoms with Gasteiger partial charge in [-0.15, -0.1) is 0 Å². The van der Waals surface area contributed by atoms with Crippen molar-refractivity contribution in [2.24, 2.45) is 0 Å². The summed E-state index contributed by atoms with van der Waals surface area (Å²) in [7, 11) is 0. The number of fused-ring (bicyclic) bond motifs is 1. The fourth-order valence-corrected chi connectivity index (χ4v) is 2.54. The van der Waals surface area contributed by atoms with E-state index < -0.39 is 11.9 Å². The average Bonchev–Trinajstić information content (AvgIpc) is 3.04. The van der Waals surface area contributed by atoms with Crippen LogP contribution in [0.15, 0.2) is 39.2 Å². The van der Waals surface area contributed by atoms with Crippen molar-refractivity contribution in [2.45, 2.75) is 19.9 Å². The number of amides is 1. The van der Waals surface area contributed by atoms with Crippen LogP contribution in [0.3, 0.4) is 0 Å². The van der Waals surface area contributed by atoms with Crippen LogP contribution in [0.2, 0.25) is 5.22 Å². The molecule has 1 atom stereocenters. The molecule has 22 heavy (non-hydrogen) atoms. The Morgan fingerprint density at radius 3 is 2.73 bits per heavy atom. The van der Waals surface area contributed by atoms with Gasteiger partial charge < -0.3 is 14.2 Å². The average molecular weight is 322 g/mol. The van der Waals surface area contributed by atoms with Gasteiger partial charge in [-0.1, -0.05) is 0 Å². The Hall–Kier alpha value is -2.27. The summed E-state index contributed by atoms with van der Waals surface area (Å²) in [5.74, 6) is -0.0291. The molecule has 4 nitrogen and oxygen atoms in total. The zero-order valence-electron chi connectivity index (χ0n) is 11.9. The second-order valence-corrected chi connectivity index (χ2v) is 5.40. The summed E-state index contributed by atoms with van der Waals surface area (Å²) in [6.45, 7) is 3.61. The van der Waals surface area contributed by atoms with Crippen molar-refractivity contribution in [3.8, 4) is 0 Å². The quantitative estimate of drug-likeness (QED) is 0.766. The molecule has 2 aromatic heterocycles. The number of carbonyl (C=O) groups is 1. The highest BCUT2D eigenvalue weighted by molar-refractivity contribution is 6.29. The van der Waals surface area contributed by atoms with Crippen LogP contribution in [0.1, 0.15) is 34.8 Å². The first-order valence-electron chi connectivity index (χ1n) is 6.70. The van der Waals surface area contributed by atoms with E-state index in [1.807, 2.05) is 6.92 Å². The number of benzene rings is 1. The lowest BCUT2D eigenvalue weighted by Gasteiger charge is -2.11. The Balaban J connectivity index is 1.87. The van der Waals surface area contributed by atoms with Crippen LogP contribution >= 0.6 is 11.6 Å². The summed E-state index contributed by atoms with van der Waals surface area (Å²) in [6.07, 6.45) is 0. The van der Waals surface area contributed by atoms with Gasteiger partial charge in [0.25, 0.3) is 5.91 Å². The summed E-state index contributed by atoms with van der Waals surface area (Å²) >= 11 is 5.65. The van der Waals surface area contributed by atoms with Crippen LogP contribution in [0.25, 0.3) is 11.0 Å². The van der Waals surface area contributed by atoms with E-state index in [1.54, 1.807) is 13.0 Å². The van der Waals surface area contributed by atoms with Crippen LogP contribution in [-0.4, -0.2) is 5.91 Å². The maximum absolute atomic E-state index is 13.3. The molecule has 3 rings (SSSR count). The summed E-state index contributed by atoms with van der Waals surface area (Å²) < 4.78 is 24.1.